The summed E-state index contributed by atoms with van der Waals surface area (Å²) in [6.45, 7) is 8.94. The van der Waals surface area contributed by atoms with Crippen molar-refractivity contribution in [2.24, 2.45) is 0 Å². The molecular weight excluding hydrogens is 376 g/mol. The van der Waals surface area contributed by atoms with Crippen molar-refractivity contribution >= 4 is 33.3 Å². The van der Waals surface area contributed by atoms with Crippen molar-refractivity contribution in [2.75, 3.05) is 12.4 Å². The molecule has 2 heterocycles. The van der Waals surface area contributed by atoms with Crippen LogP contribution in [0.4, 0.5) is 0 Å². The number of aromatic nitrogens is 2. The molecule has 4 nitrogen and oxygen atoms in total. The fraction of sp³-hybridized carbons (Fsp3) is 0.429. The summed E-state index contributed by atoms with van der Waals surface area (Å²) in [5, 5.41) is 1.53. The van der Waals surface area contributed by atoms with Crippen molar-refractivity contribution in [3.63, 3.8) is 0 Å². The van der Waals surface area contributed by atoms with Gasteiger partial charge in [-0.15, -0.1) is 11.3 Å². The lowest BCUT2D eigenvalue weighted by atomic mass is 10.1. The van der Waals surface area contributed by atoms with E-state index in [4.69, 9.17) is 9.72 Å². The minimum Gasteiger partial charge on any atom is -0.494 e. The highest BCUT2D eigenvalue weighted by molar-refractivity contribution is 7.99. The van der Waals surface area contributed by atoms with Crippen LogP contribution in [0.1, 0.15) is 44.1 Å². The minimum atomic E-state index is 0.0267. The molecular formula is C21H26N2O2S2. The molecule has 0 N–H and O–H groups in total. The molecule has 0 aliphatic heterocycles. The van der Waals surface area contributed by atoms with E-state index in [1.165, 1.54) is 4.88 Å². The maximum atomic E-state index is 13.4. The Kier molecular flexibility index (Phi) is 6.60. The average Bonchev–Trinajstić information content (AvgIpc) is 2.97. The van der Waals surface area contributed by atoms with E-state index in [1.807, 2.05) is 38.1 Å². The summed E-state index contributed by atoms with van der Waals surface area (Å²) in [5.41, 5.74) is 1.94. The van der Waals surface area contributed by atoms with Crippen molar-refractivity contribution in [1.82, 2.24) is 9.55 Å². The molecule has 0 aliphatic rings. The van der Waals surface area contributed by atoms with Gasteiger partial charge in [0.15, 0.2) is 5.16 Å². The van der Waals surface area contributed by atoms with Gasteiger partial charge in [0, 0.05) is 10.6 Å². The fourth-order valence-corrected chi connectivity index (χ4v) is 5.24. The molecule has 0 aliphatic carbocycles. The number of nitrogens with zero attached hydrogens (tertiary/aromatic N) is 2. The van der Waals surface area contributed by atoms with E-state index in [0.717, 1.165) is 57.4 Å². The number of thioether (sulfide) groups is 1. The van der Waals surface area contributed by atoms with Crippen molar-refractivity contribution in [1.29, 1.82) is 0 Å². The number of rotatable bonds is 8. The molecule has 0 radical (unpaired) electrons. The summed E-state index contributed by atoms with van der Waals surface area (Å²) in [4.78, 5) is 20.5. The Morgan fingerprint density at radius 3 is 2.52 bits per heavy atom. The third-order valence-corrected chi connectivity index (χ3v) is 6.74. The lowest BCUT2D eigenvalue weighted by Crippen LogP contribution is -2.21. The fourth-order valence-electron chi connectivity index (χ4n) is 3.05. The number of aryl methyl sites for hydroxylation is 2. The van der Waals surface area contributed by atoms with E-state index < -0.39 is 0 Å². The highest BCUT2D eigenvalue weighted by Crippen LogP contribution is 2.31. The molecule has 0 saturated carbocycles. The first-order chi connectivity index (χ1) is 13.1. The minimum absolute atomic E-state index is 0.0267. The van der Waals surface area contributed by atoms with Crippen LogP contribution in [0.3, 0.4) is 0 Å². The smallest absolute Gasteiger partial charge is 0.267 e. The second-order valence-corrected chi connectivity index (χ2v) is 8.54. The second-order valence-electron chi connectivity index (χ2n) is 6.39. The molecule has 144 valence electrons. The summed E-state index contributed by atoms with van der Waals surface area (Å²) in [5.74, 6) is 1.74. The van der Waals surface area contributed by atoms with Gasteiger partial charge in [-0.25, -0.2) is 4.98 Å². The van der Waals surface area contributed by atoms with Gasteiger partial charge in [-0.1, -0.05) is 32.0 Å². The number of hydrogen-bond donors (Lipinski definition) is 0. The zero-order valence-corrected chi connectivity index (χ0v) is 18.0. The number of hydrogen-bond acceptors (Lipinski definition) is 5. The third-order valence-electron chi connectivity index (χ3n) is 4.35. The predicted molar refractivity (Wildman–Crippen MR) is 116 cm³/mol. The summed E-state index contributed by atoms with van der Waals surface area (Å²) >= 11 is 3.31. The van der Waals surface area contributed by atoms with Crippen LogP contribution < -0.4 is 10.3 Å². The van der Waals surface area contributed by atoms with Crippen LogP contribution >= 0.6 is 23.1 Å². The molecule has 0 amide bonds. The van der Waals surface area contributed by atoms with Gasteiger partial charge < -0.3 is 4.74 Å². The SMILES string of the molecule is CCCSc1nc2sc(CCC)c(C)c2c(=O)n1-c1ccc(OCC)cc1. The number of fused-ring (bicyclic) bond motifs is 1. The highest BCUT2D eigenvalue weighted by Gasteiger charge is 2.19. The first-order valence-corrected chi connectivity index (χ1v) is 11.3. The lowest BCUT2D eigenvalue weighted by molar-refractivity contribution is 0.340. The van der Waals surface area contributed by atoms with Gasteiger partial charge in [-0.3, -0.25) is 9.36 Å². The Balaban J connectivity index is 2.20. The van der Waals surface area contributed by atoms with Crippen LogP contribution in [0.2, 0.25) is 0 Å². The van der Waals surface area contributed by atoms with Crippen molar-refractivity contribution in [3.05, 3.63) is 45.1 Å². The topological polar surface area (TPSA) is 44.1 Å². The lowest BCUT2D eigenvalue weighted by Gasteiger charge is -2.12. The Bertz CT molecular complexity index is 974. The molecule has 0 saturated heterocycles. The Morgan fingerprint density at radius 1 is 1.15 bits per heavy atom. The number of thiophene rings is 1. The molecule has 0 fully saturated rings. The molecule has 0 spiro atoms. The molecule has 1 aromatic carbocycles. The Hall–Kier alpha value is -1.79. The maximum absolute atomic E-state index is 13.4. The van der Waals surface area contributed by atoms with Crippen molar-refractivity contribution in [2.45, 2.75) is 52.1 Å². The standard InChI is InChI=1S/C21H26N2O2S2/c1-5-8-17-14(4)18-19(27-17)22-21(26-13-6-2)23(20(18)24)15-9-11-16(12-10-15)25-7-3/h9-12H,5-8,13H2,1-4H3. The van der Waals surface area contributed by atoms with Gasteiger partial charge >= 0.3 is 0 Å². The van der Waals surface area contributed by atoms with E-state index in [0.29, 0.717) is 6.61 Å². The molecule has 6 heteroatoms. The van der Waals surface area contributed by atoms with E-state index in [9.17, 15) is 4.79 Å². The number of ether oxygens (including phenoxy) is 1. The van der Waals surface area contributed by atoms with E-state index >= 15 is 0 Å². The van der Waals surface area contributed by atoms with Crippen molar-refractivity contribution < 1.29 is 4.74 Å². The second kappa shape index (κ2) is 8.93. The predicted octanol–water partition coefficient (Wildman–Crippen LogP) is 5.61. The van der Waals surface area contributed by atoms with Gasteiger partial charge in [0.1, 0.15) is 10.6 Å². The maximum Gasteiger partial charge on any atom is 0.267 e. The van der Waals surface area contributed by atoms with E-state index in [1.54, 1.807) is 27.7 Å². The highest BCUT2D eigenvalue weighted by atomic mass is 32.2. The molecule has 2 aromatic heterocycles. The zero-order chi connectivity index (χ0) is 19.4. The average molecular weight is 403 g/mol. The normalized spacial score (nSPS) is 11.3. The van der Waals surface area contributed by atoms with Crippen LogP contribution in [-0.2, 0) is 6.42 Å². The molecule has 3 aromatic rings. The van der Waals surface area contributed by atoms with Gasteiger partial charge in [-0.05, 0) is 56.5 Å². The largest absolute Gasteiger partial charge is 0.494 e. The molecule has 3 rings (SSSR count). The Morgan fingerprint density at radius 2 is 1.89 bits per heavy atom. The van der Waals surface area contributed by atoms with Crippen LogP contribution in [0.15, 0.2) is 34.2 Å². The first kappa shape index (κ1) is 20.0. The summed E-state index contributed by atoms with van der Waals surface area (Å²) in [7, 11) is 0. The Labute approximate surface area is 168 Å². The molecule has 0 unspecified atom stereocenters. The van der Waals surface area contributed by atoms with Gasteiger partial charge in [0.25, 0.3) is 5.56 Å². The van der Waals surface area contributed by atoms with Crippen molar-refractivity contribution in [3.8, 4) is 11.4 Å². The van der Waals surface area contributed by atoms with E-state index in [2.05, 4.69) is 13.8 Å². The summed E-state index contributed by atoms with van der Waals surface area (Å²) < 4.78 is 7.29. The first-order valence-electron chi connectivity index (χ1n) is 9.51. The van der Waals surface area contributed by atoms with Crippen LogP contribution in [0.25, 0.3) is 15.9 Å². The molecule has 0 bridgehead atoms. The molecule has 0 atom stereocenters. The van der Waals surface area contributed by atoms with Gasteiger partial charge in [0.05, 0.1) is 17.7 Å². The van der Waals surface area contributed by atoms with Crippen LogP contribution in [-0.4, -0.2) is 21.9 Å². The summed E-state index contributed by atoms with van der Waals surface area (Å²) in [6, 6.07) is 7.69. The van der Waals surface area contributed by atoms with E-state index in [-0.39, 0.29) is 5.56 Å². The summed E-state index contributed by atoms with van der Waals surface area (Å²) in [6.07, 6.45) is 3.09. The third kappa shape index (κ3) is 4.06. The number of benzene rings is 1. The quantitative estimate of drug-likeness (QED) is 0.363. The van der Waals surface area contributed by atoms with Gasteiger partial charge in [0.2, 0.25) is 0 Å². The monoisotopic (exact) mass is 402 g/mol. The van der Waals surface area contributed by atoms with Crippen LogP contribution in [0, 0.1) is 6.92 Å². The van der Waals surface area contributed by atoms with Crippen LogP contribution in [0.5, 0.6) is 5.75 Å². The van der Waals surface area contributed by atoms with Gasteiger partial charge in [-0.2, -0.15) is 0 Å². The zero-order valence-electron chi connectivity index (χ0n) is 16.4. The molecule has 27 heavy (non-hydrogen) atoms.